The van der Waals surface area contributed by atoms with Crippen molar-refractivity contribution in [1.29, 1.82) is 0 Å². The first-order valence-corrected chi connectivity index (χ1v) is 8.19. The van der Waals surface area contributed by atoms with Gasteiger partial charge in [0, 0.05) is 24.7 Å². The maximum absolute atomic E-state index is 11.6. The Morgan fingerprint density at radius 1 is 1.15 bits per heavy atom. The van der Waals surface area contributed by atoms with Crippen molar-refractivity contribution in [2.45, 2.75) is 6.54 Å². The molecular formula is C19H17N5O2. The summed E-state index contributed by atoms with van der Waals surface area (Å²) in [6.45, 7) is 0.421. The van der Waals surface area contributed by atoms with E-state index in [2.05, 4.69) is 20.7 Å². The molecule has 3 heterocycles. The van der Waals surface area contributed by atoms with Gasteiger partial charge in [-0.2, -0.15) is 9.61 Å². The molecule has 7 heteroatoms. The summed E-state index contributed by atoms with van der Waals surface area (Å²) in [7, 11) is 1.57. The highest BCUT2D eigenvalue weighted by molar-refractivity contribution is 5.91. The summed E-state index contributed by atoms with van der Waals surface area (Å²) in [5, 5.41) is 10.2. The van der Waals surface area contributed by atoms with E-state index in [1.165, 1.54) is 0 Å². The van der Waals surface area contributed by atoms with Crippen LogP contribution in [0.1, 0.15) is 16.3 Å². The number of hydrogen-bond acceptors (Lipinski definition) is 5. The number of anilines is 1. The zero-order valence-electron chi connectivity index (χ0n) is 14.1. The van der Waals surface area contributed by atoms with Crippen LogP contribution >= 0.6 is 0 Å². The topological polar surface area (TPSA) is 84.5 Å². The fourth-order valence-electron chi connectivity index (χ4n) is 2.69. The lowest BCUT2D eigenvalue weighted by Crippen LogP contribution is -2.16. The first kappa shape index (κ1) is 15.9. The van der Waals surface area contributed by atoms with Gasteiger partial charge in [0.05, 0.1) is 18.4 Å². The van der Waals surface area contributed by atoms with Gasteiger partial charge < -0.3 is 15.1 Å². The summed E-state index contributed by atoms with van der Waals surface area (Å²) in [6.07, 6.45) is 1.71. The average Bonchev–Trinajstić information content (AvgIpc) is 3.35. The quantitative estimate of drug-likeness (QED) is 0.580. The Morgan fingerprint density at radius 2 is 2.00 bits per heavy atom. The van der Waals surface area contributed by atoms with Gasteiger partial charge in [0.1, 0.15) is 11.6 Å². The van der Waals surface area contributed by atoms with Crippen LogP contribution in [-0.2, 0) is 6.54 Å². The van der Waals surface area contributed by atoms with Crippen molar-refractivity contribution in [1.82, 2.24) is 19.9 Å². The zero-order valence-corrected chi connectivity index (χ0v) is 14.1. The number of furan rings is 1. The molecule has 1 amide bonds. The van der Waals surface area contributed by atoms with Crippen molar-refractivity contribution in [3.63, 3.8) is 0 Å². The molecule has 0 saturated heterocycles. The first-order valence-electron chi connectivity index (χ1n) is 8.19. The van der Waals surface area contributed by atoms with Crippen LogP contribution in [0.15, 0.2) is 65.2 Å². The lowest BCUT2D eigenvalue weighted by Gasteiger charge is -2.10. The van der Waals surface area contributed by atoms with Crippen molar-refractivity contribution in [3.05, 3.63) is 72.3 Å². The van der Waals surface area contributed by atoms with Gasteiger partial charge in [0.25, 0.3) is 5.91 Å². The van der Waals surface area contributed by atoms with E-state index in [0.717, 1.165) is 22.7 Å². The number of rotatable bonds is 5. The molecule has 130 valence electrons. The molecule has 0 aliphatic rings. The molecule has 0 aliphatic carbocycles. The molecule has 26 heavy (non-hydrogen) atoms. The molecule has 7 nitrogen and oxygen atoms in total. The van der Waals surface area contributed by atoms with Crippen LogP contribution in [0.4, 0.5) is 5.82 Å². The second-order valence-electron chi connectivity index (χ2n) is 5.69. The SMILES string of the molecule is CNC(=O)c1ccc(CNc2cc(-c3ccccc3)nc3ccnn23)o1. The number of nitrogens with zero attached hydrogens (tertiary/aromatic N) is 3. The van der Waals surface area contributed by atoms with E-state index in [9.17, 15) is 4.79 Å². The Morgan fingerprint density at radius 3 is 2.81 bits per heavy atom. The smallest absolute Gasteiger partial charge is 0.286 e. The van der Waals surface area contributed by atoms with Gasteiger partial charge in [-0.1, -0.05) is 30.3 Å². The molecule has 0 aliphatic heterocycles. The summed E-state index contributed by atoms with van der Waals surface area (Å²) < 4.78 is 7.28. The third kappa shape index (κ3) is 3.02. The number of benzene rings is 1. The molecule has 0 atom stereocenters. The van der Waals surface area contributed by atoms with E-state index in [1.807, 2.05) is 42.5 Å². The normalized spacial score (nSPS) is 10.8. The fraction of sp³-hybridized carbons (Fsp3) is 0.105. The standard InChI is InChI=1S/C19H17N5O2/c1-20-19(25)16-8-7-14(26-16)12-21-18-11-15(13-5-3-2-4-6-13)23-17-9-10-22-24(17)18/h2-11,21H,12H2,1H3,(H,20,25). The van der Waals surface area contributed by atoms with Crippen LogP contribution in [0, 0.1) is 0 Å². The number of amides is 1. The Kier molecular flexibility index (Phi) is 4.10. The Hall–Kier alpha value is -3.61. The predicted molar refractivity (Wildman–Crippen MR) is 97.8 cm³/mol. The molecule has 0 spiro atoms. The highest BCUT2D eigenvalue weighted by Gasteiger charge is 2.11. The Labute approximate surface area is 149 Å². The minimum Gasteiger partial charge on any atom is -0.454 e. The number of nitrogens with one attached hydrogen (secondary N) is 2. The highest BCUT2D eigenvalue weighted by Crippen LogP contribution is 2.22. The number of carbonyl (C=O) groups excluding carboxylic acids is 1. The van der Waals surface area contributed by atoms with Crippen LogP contribution in [0.5, 0.6) is 0 Å². The Bertz CT molecular complexity index is 1050. The van der Waals surface area contributed by atoms with Crippen molar-refractivity contribution >= 4 is 17.4 Å². The lowest BCUT2D eigenvalue weighted by atomic mass is 10.1. The largest absolute Gasteiger partial charge is 0.454 e. The maximum atomic E-state index is 11.6. The van der Waals surface area contributed by atoms with Crippen molar-refractivity contribution < 1.29 is 9.21 Å². The molecule has 0 saturated carbocycles. The van der Waals surface area contributed by atoms with Gasteiger partial charge in [-0.3, -0.25) is 4.79 Å². The van der Waals surface area contributed by atoms with Gasteiger partial charge in [0.15, 0.2) is 11.4 Å². The molecule has 0 unspecified atom stereocenters. The second-order valence-corrected chi connectivity index (χ2v) is 5.69. The summed E-state index contributed by atoms with van der Waals surface area (Å²) >= 11 is 0. The minimum absolute atomic E-state index is 0.249. The van der Waals surface area contributed by atoms with Crippen LogP contribution in [-0.4, -0.2) is 27.6 Å². The molecule has 0 radical (unpaired) electrons. The monoisotopic (exact) mass is 347 g/mol. The minimum atomic E-state index is -0.249. The van der Waals surface area contributed by atoms with Gasteiger partial charge in [0.2, 0.25) is 0 Å². The van der Waals surface area contributed by atoms with Gasteiger partial charge in [-0.25, -0.2) is 4.98 Å². The summed E-state index contributed by atoms with van der Waals surface area (Å²) in [4.78, 5) is 16.2. The zero-order chi connectivity index (χ0) is 17.9. The van der Waals surface area contributed by atoms with Crippen LogP contribution in [0.3, 0.4) is 0 Å². The van der Waals surface area contributed by atoms with Crippen molar-refractivity contribution in [2.75, 3.05) is 12.4 Å². The molecule has 3 aromatic heterocycles. The lowest BCUT2D eigenvalue weighted by molar-refractivity contribution is 0.0934. The molecule has 1 aromatic carbocycles. The third-order valence-corrected chi connectivity index (χ3v) is 3.99. The van der Waals surface area contributed by atoms with Crippen LogP contribution < -0.4 is 10.6 Å². The molecule has 0 bridgehead atoms. The van der Waals surface area contributed by atoms with Crippen molar-refractivity contribution in [2.24, 2.45) is 0 Å². The van der Waals surface area contributed by atoms with E-state index >= 15 is 0 Å². The summed E-state index contributed by atoms with van der Waals surface area (Å²) in [5.41, 5.74) is 2.63. The van der Waals surface area contributed by atoms with Crippen molar-refractivity contribution in [3.8, 4) is 11.3 Å². The predicted octanol–water partition coefficient (Wildman–Crippen LogP) is 2.96. The van der Waals surface area contributed by atoms with Crippen LogP contribution in [0.25, 0.3) is 16.9 Å². The number of fused-ring (bicyclic) bond motifs is 1. The molecule has 4 aromatic rings. The van der Waals surface area contributed by atoms with Crippen LogP contribution in [0.2, 0.25) is 0 Å². The maximum Gasteiger partial charge on any atom is 0.286 e. The Balaban J connectivity index is 1.62. The third-order valence-electron chi connectivity index (χ3n) is 3.99. The van der Waals surface area contributed by atoms with Gasteiger partial charge in [-0.15, -0.1) is 0 Å². The fourth-order valence-corrected chi connectivity index (χ4v) is 2.69. The van der Waals surface area contributed by atoms with E-state index in [0.29, 0.717) is 12.3 Å². The molecule has 0 fully saturated rings. The number of hydrogen-bond donors (Lipinski definition) is 2. The summed E-state index contributed by atoms with van der Waals surface area (Å²) in [6, 6.07) is 17.2. The summed E-state index contributed by atoms with van der Waals surface area (Å²) in [5.74, 6) is 1.48. The average molecular weight is 347 g/mol. The molecule has 2 N–H and O–H groups in total. The first-order chi connectivity index (χ1) is 12.7. The number of carbonyl (C=O) groups is 1. The van der Waals surface area contributed by atoms with E-state index in [4.69, 9.17) is 4.42 Å². The number of aromatic nitrogens is 3. The van der Waals surface area contributed by atoms with Gasteiger partial charge >= 0.3 is 0 Å². The van der Waals surface area contributed by atoms with E-state index < -0.39 is 0 Å². The molecular weight excluding hydrogens is 330 g/mol. The van der Waals surface area contributed by atoms with E-state index in [-0.39, 0.29) is 11.7 Å². The van der Waals surface area contributed by atoms with Gasteiger partial charge in [-0.05, 0) is 12.1 Å². The molecule has 4 rings (SSSR count). The van der Waals surface area contributed by atoms with E-state index in [1.54, 1.807) is 29.9 Å². The second kappa shape index (κ2) is 6.72. The highest BCUT2D eigenvalue weighted by atomic mass is 16.4.